The normalized spacial score (nSPS) is 23.3. The highest BCUT2D eigenvalue weighted by atomic mass is 16.2. The Kier molecular flexibility index (Phi) is 10.9. The van der Waals surface area contributed by atoms with Crippen molar-refractivity contribution in [3.63, 3.8) is 0 Å². The molecule has 4 amide bonds. The second-order valence-electron chi connectivity index (χ2n) is 10.6. The summed E-state index contributed by atoms with van der Waals surface area (Å²) in [7, 11) is 8.12. The van der Waals surface area contributed by atoms with Crippen LogP contribution < -0.4 is 21.3 Å². The fraction of sp³-hybridized carbons (Fsp3) is 0.909. The molecule has 1 rings (SSSR count). The van der Waals surface area contributed by atoms with Gasteiger partial charge in [0.1, 0.15) is 0 Å². The van der Waals surface area contributed by atoms with Gasteiger partial charge in [-0.2, -0.15) is 0 Å². The molecule has 0 aliphatic heterocycles. The van der Waals surface area contributed by atoms with Gasteiger partial charge in [-0.3, -0.25) is 0 Å². The van der Waals surface area contributed by atoms with E-state index in [1.54, 1.807) is 0 Å². The van der Waals surface area contributed by atoms with Crippen LogP contribution in [0.15, 0.2) is 0 Å². The van der Waals surface area contributed by atoms with Crippen LogP contribution in [0.1, 0.15) is 52.9 Å². The van der Waals surface area contributed by atoms with E-state index >= 15 is 0 Å². The summed E-state index contributed by atoms with van der Waals surface area (Å²) in [5.41, 5.74) is 0.0608. The van der Waals surface area contributed by atoms with Crippen LogP contribution in [-0.2, 0) is 0 Å². The van der Waals surface area contributed by atoms with Crippen LogP contribution in [-0.4, -0.2) is 88.8 Å². The first kappa shape index (κ1) is 26.5. The molecule has 0 saturated heterocycles. The number of hydrogen-bond acceptors (Lipinski definition) is 4. The van der Waals surface area contributed by atoms with E-state index in [9.17, 15) is 9.59 Å². The summed E-state index contributed by atoms with van der Waals surface area (Å²) < 4.78 is 0. The van der Waals surface area contributed by atoms with E-state index in [2.05, 4.69) is 51.8 Å². The molecular formula is C22H46N6O2. The zero-order chi connectivity index (χ0) is 22.8. The van der Waals surface area contributed by atoms with Crippen LogP contribution in [0.3, 0.4) is 0 Å². The van der Waals surface area contributed by atoms with Crippen molar-refractivity contribution in [2.45, 2.75) is 58.9 Å². The van der Waals surface area contributed by atoms with Gasteiger partial charge in [-0.1, -0.05) is 20.8 Å². The lowest BCUT2D eigenvalue weighted by molar-refractivity contribution is 0.0749. The molecule has 1 saturated carbocycles. The minimum absolute atomic E-state index is 0.0500. The lowest BCUT2D eigenvalue weighted by Crippen LogP contribution is -2.53. The Morgan fingerprint density at radius 2 is 1.37 bits per heavy atom. The first-order valence-electron chi connectivity index (χ1n) is 11.3. The Morgan fingerprint density at radius 1 is 0.833 bits per heavy atom. The number of hydrogen-bond donors (Lipinski definition) is 4. The fourth-order valence-corrected chi connectivity index (χ4v) is 4.66. The van der Waals surface area contributed by atoms with Crippen molar-refractivity contribution >= 4 is 12.1 Å². The lowest BCUT2D eigenvalue weighted by atomic mass is 9.62. The van der Waals surface area contributed by atoms with Gasteiger partial charge < -0.3 is 31.1 Å². The molecule has 1 fully saturated rings. The number of carbonyl (C=O) groups excluding carboxylic acids is 2. The van der Waals surface area contributed by atoms with Gasteiger partial charge in [-0.15, -0.1) is 0 Å². The average Bonchev–Trinajstić information content (AvgIpc) is 2.58. The molecular weight excluding hydrogens is 380 g/mol. The first-order valence-corrected chi connectivity index (χ1v) is 11.3. The van der Waals surface area contributed by atoms with Gasteiger partial charge in [0.05, 0.1) is 0 Å². The largest absolute Gasteiger partial charge is 0.338 e. The first-order chi connectivity index (χ1) is 13.9. The molecule has 0 bridgehead atoms. The van der Waals surface area contributed by atoms with Crippen molar-refractivity contribution in [1.82, 2.24) is 31.1 Å². The van der Waals surface area contributed by atoms with Gasteiger partial charge >= 0.3 is 12.1 Å². The number of carbonyl (C=O) groups is 2. The molecule has 2 unspecified atom stereocenters. The number of nitrogens with zero attached hydrogens (tertiary/aromatic N) is 2. The number of amides is 4. The third-order valence-electron chi connectivity index (χ3n) is 5.59. The molecule has 176 valence electrons. The molecule has 0 aromatic carbocycles. The zero-order valence-corrected chi connectivity index (χ0v) is 20.4. The Bertz CT molecular complexity index is 538. The Morgan fingerprint density at radius 3 is 1.90 bits per heavy atom. The maximum absolute atomic E-state index is 12.3. The number of urea groups is 2. The maximum atomic E-state index is 12.3. The smallest absolute Gasteiger partial charge is 0.315 e. The second-order valence-corrected chi connectivity index (χ2v) is 10.6. The predicted octanol–water partition coefficient (Wildman–Crippen LogP) is 2.07. The lowest BCUT2D eigenvalue weighted by Gasteiger charge is -2.46. The summed E-state index contributed by atoms with van der Waals surface area (Å²) in [6.45, 7) is 10.6. The SMILES string of the molecule is CN(C)CCCNC(=O)NCC1(C)CC(NC(=O)NCCCN(C)C)CC(C)(C)C1. The molecule has 2 atom stereocenters. The van der Waals surface area contributed by atoms with Gasteiger partial charge in [-0.25, -0.2) is 9.59 Å². The Balaban J connectivity index is 2.45. The fourth-order valence-electron chi connectivity index (χ4n) is 4.66. The minimum Gasteiger partial charge on any atom is -0.338 e. The third kappa shape index (κ3) is 11.6. The molecule has 1 aliphatic rings. The van der Waals surface area contributed by atoms with Gasteiger partial charge in [0.25, 0.3) is 0 Å². The summed E-state index contributed by atoms with van der Waals surface area (Å²) in [4.78, 5) is 28.7. The summed E-state index contributed by atoms with van der Waals surface area (Å²) in [5.74, 6) is 0. The van der Waals surface area contributed by atoms with E-state index in [1.165, 1.54) is 0 Å². The van der Waals surface area contributed by atoms with Crippen molar-refractivity contribution in [2.75, 3.05) is 60.9 Å². The molecule has 1 aliphatic carbocycles. The van der Waals surface area contributed by atoms with Gasteiger partial charge in [-0.05, 0) is 84.2 Å². The molecule has 30 heavy (non-hydrogen) atoms. The molecule has 0 aromatic rings. The van der Waals surface area contributed by atoms with Crippen molar-refractivity contribution in [3.05, 3.63) is 0 Å². The van der Waals surface area contributed by atoms with E-state index in [0.29, 0.717) is 19.6 Å². The summed E-state index contributed by atoms with van der Waals surface area (Å²) >= 11 is 0. The highest BCUT2D eigenvalue weighted by Crippen LogP contribution is 2.45. The average molecular weight is 427 g/mol. The highest BCUT2D eigenvalue weighted by Gasteiger charge is 2.41. The van der Waals surface area contributed by atoms with Crippen LogP contribution in [0, 0.1) is 10.8 Å². The van der Waals surface area contributed by atoms with Crippen molar-refractivity contribution in [2.24, 2.45) is 10.8 Å². The number of rotatable bonds is 11. The third-order valence-corrected chi connectivity index (χ3v) is 5.59. The topological polar surface area (TPSA) is 88.7 Å². The van der Waals surface area contributed by atoms with Crippen LogP contribution in [0.2, 0.25) is 0 Å². The molecule has 8 nitrogen and oxygen atoms in total. The van der Waals surface area contributed by atoms with Gasteiger partial charge in [0.2, 0.25) is 0 Å². The number of nitrogens with one attached hydrogen (secondary N) is 4. The van der Waals surface area contributed by atoms with Gasteiger partial charge in [0, 0.05) is 25.7 Å². The quantitative estimate of drug-likeness (QED) is 0.381. The second kappa shape index (κ2) is 12.3. The van der Waals surface area contributed by atoms with Crippen LogP contribution >= 0.6 is 0 Å². The van der Waals surface area contributed by atoms with Crippen molar-refractivity contribution < 1.29 is 9.59 Å². The predicted molar refractivity (Wildman–Crippen MR) is 124 cm³/mol. The summed E-state index contributed by atoms with van der Waals surface area (Å²) in [6.07, 6.45) is 4.69. The molecule has 4 N–H and O–H groups in total. The highest BCUT2D eigenvalue weighted by molar-refractivity contribution is 5.74. The Labute approximate surface area is 183 Å². The van der Waals surface area contributed by atoms with Crippen LogP contribution in [0.4, 0.5) is 9.59 Å². The van der Waals surface area contributed by atoms with Crippen molar-refractivity contribution in [3.8, 4) is 0 Å². The van der Waals surface area contributed by atoms with Crippen molar-refractivity contribution in [1.29, 1.82) is 0 Å². The van der Waals surface area contributed by atoms with Crippen LogP contribution in [0.25, 0.3) is 0 Å². The van der Waals surface area contributed by atoms with E-state index in [-0.39, 0.29) is 28.9 Å². The van der Waals surface area contributed by atoms with E-state index in [1.807, 2.05) is 28.2 Å². The Hall–Kier alpha value is -1.54. The van der Waals surface area contributed by atoms with E-state index in [4.69, 9.17) is 0 Å². The van der Waals surface area contributed by atoms with Gasteiger partial charge in [0.15, 0.2) is 0 Å². The summed E-state index contributed by atoms with van der Waals surface area (Å²) in [5, 5.41) is 12.1. The molecule has 0 heterocycles. The molecule has 8 heteroatoms. The standard InChI is InChI=1S/C22H46N6O2/c1-21(2)14-18(26-20(30)24-11-9-13-28(6)7)15-22(3,16-21)17-25-19(29)23-10-8-12-27(4)5/h18H,8-17H2,1-7H3,(H2,23,25,29)(H2,24,26,30). The maximum Gasteiger partial charge on any atom is 0.315 e. The zero-order valence-electron chi connectivity index (χ0n) is 20.4. The molecule has 0 radical (unpaired) electrons. The molecule has 0 spiro atoms. The van der Waals surface area contributed by atoms with E-state index in [0.717, 1.165) is 45.2 Å². The monoisotopic (exact) mass is 426 g/mol. The minimum atomic E-state index is -0.110. The summed E-state index contributed by atoms with van der Waals surface area (Å²) in [6, 6.07) is -0.0931. The molecule has 0 aromatic heterocycles. The van der Waals surface area contributed by atoms with E-state index < -0.39 is 0 Å². The van der Waals surface area contributed by atoms with Crippen LogP contribution in [0.5, 0.6) is 0 Å².